The molecule has 0 amide bonds. The number of rotatable bonds is 1. The fraction of sp³-hybridized carbons (Fsp3) is 0.0909. The molecule has 1 heterocycles. The Labute approximate surface area is 87.3 Å². The largest absolute Gasteiger partial charge is 0.465 e. The first-order valence-electron chi connectivity index (χ1n) is 4.48. The zero-order valence-electron chi connectivity index (χ0n) is 8.23. The highest BCUT2D eigenvalue weighted by atomic mass is 16.5. The van der Waals surface area contributed by atoms with Crippen molar-refractivity contribution in [2.24, 2.45) is 4.99 Å². The van der Waals surface area contributed by atoms with Crippen molar-refractivity contribution in [1.82, 2.24) is 0 Å². The van der Waals surface area contributed by atoms with Crippen LogP contribution in [0.4, 0.5) is 5.69 Å². The van der Waals surface area contributed by atoms with Crippen LogP contribution in [0, 0.1) is 0 Å². The Morgan fingerprint density at radius 1 is 1.47 bits per heavy atom. The number of benzene rings is 1. The SMILES string of the molecule is COC(=O)c1ccc2c(c1)NC=CN=C2. The average Bonchev–Trinajstić information content (AvgIpc) is 2.51. The molecule has 1 aliphatic heterocycles. The first kappa shape index (κ1) is 9.45. The monoisotopic (exact) mass is 202 g/mol. The minimum absolute atomic E-state index is 0.343. The van der Waals surface area contributed by atoms with Crippen LogP contribution in [0.2, 0.25) is 0 Å². The van der Waals surface area contributed by atoms with Crippen molar-refractivity contribution in [3.8, 4) is 0 Å². The molecule has 1 N–H and O–H groups in total. The quantitative estimate of drug-likeness (QED) is 0.706. The number of nitrogens with zero attached hydrogens (tertiary/aromatic N) is 1. The van der Waals surface area contributed by atoms with Crippen LogP contribution in [0.25, 0.3) is 0 Å². The summed E-state index contributed by atoms with van der Waals surface area (Å²) in [6.07, 6.45) is 5.09. The molecule has 4 heteroatoms. The summed E-state index contributed by atoms with van der Waals surface area (Å²) >= 11 is 0. The lowest BCUT2D eigenvalue weighted by Gasteiger charge is -2.06. The maximum Gasteiger partial charge on any atom is 0.337 e. The number of ether oxygens (including phenoxy) is 1. The molecular weight excluding hydrogens is 192 g/mol. The first-order chi connectivity index (χ1) is 7.31. The Morgan fingerprint density at radius 3 is 3.13 bits per heavy atom. The molecule has 76 valence electrons. The van der Waals surface area contributed by atoms with Crippen LogP contribution in [-0.4, -0.2) is 19.3 Å². The molecular formula is C11H10N2O2. The first-order valence-corrected chi connectivity index (χ1v) is 4.48. The minimum Gasteiger partial charge on any atom is -0.465 e. The molecule has 0 aliphatic carbocycles. The lowest BCUT2D eigenvalue weighted by molar-refractivity contribution is 0.0601. The molecule has 0 bridgehead atoms. The predicted molar refractivity (Wildman–Crippen MR) is 58.1 cm³/mol. The second-order valence-corrected chi connectivity index (χ2v) is 3.03. The highest BCUT2D eigenvalue weighted by Crippen LogP contribution is 2.18. The Morgan fingerprint density at radius 2 is 2.33 bits per heavy atom. The third-order valence-corrected chi connectivity index (χ3v) is 2.09. The fourth-order valence-electron chi connectivity index (χ4n) is 1.33. The van der Waals surface area contributed by atoms with Gasteiger partial charge in [0.15, 0.2) is 0 Å². The minimum atomic E-state index is -0.343. The molecule has 0 spiro atoms. The molecule has 4 nitrogen and oxygen atoms in total. The van der Waals surface area contributed by atoms with Crippen molar-refractivity contribution in [2.75, 3.05) is 12.4 Å². The molecule has 0 atom stereocenters. The fourth-order valence-corrected chi connectivity index (χ4v) is 1.33. The summed E-state index contributed by atoms with van der Waals surface area (Å²) in [7, 11) is 1.36. The number of anilines is 1. The van der Waals surface area contributed by atoms with E-state index in [1.165, 1.54) is 7.11 Å². The maximum atomic E-state index is 11.3. The lowest BCUT2D eigenvalue weighted by Crippen LogP contribution is -2.03. The standard InChI is InChI=1S/C11H10N2O2/c1-15-11(14)8-2-3-9-7-12-4-5-13-10(9)6-8/h2-7,13H,1H3. The summed E-state index contributed by atoms with van der Waals surface area (Å²) in [5.74, 6) is -0.343. The normalized spacial score (nSPS) is 12.6. The summed E-state index contributed by atoms with van der Waals surface area (Å²) in [5.41, 5.74) is 2.30. The number of aliphatic imine (C=N–C) groups is 1. The van der Waals surface area contributed by atoms with Crippen LogP contribution in [0.15, 0.2) is 35.6 Å². The Kier molecular flexibility index (Phi) is 2.49. The van der Waals surface area contributed by atoms with Gasteiger partial charge in [-0.1, -0.05) is 6.07 Å². The highest BCUT2D eigenvalue weighted by molar-refractivity contribution is 5.95. The number of carbonyl (C=O) groups is 1. The summed E-state index contributed by atoms with van der Waals surface area (Å²) in [5, 5.41) is 3.03. The van der Waals surface area contributed by atoms with E-state index in [0.717, 1.165) is 11.3 Å². The second-order valence-electron chi connectivity index (χ2n) is 3.03. The van der Waals surface area contributed by atoms with Gasteiger partial charge in [-0.2, -0.15) is 0 Å². The maximum absolute atomic E-state index is 11.3. The zero-order chi connectivity index (χ0) is 10.7. The topological polar surface area (TPSA) is 50.7 Å². The molecule has 0 fully saturated rings. The summed E-state index contributed by atoms with van der Waals surface area (Å²) < 4.78 is 4.64. The molecule has 0 unspecified atom stereocenters. The number of carbonyl (C=O) groups excluding carboxylic acids is 1. The molecule has 15 heavy (non-hydrogen) atoms. The van der Waals surface area contributed by atoms with Crippen LogP contribution in [0.1, 0.15) is 15.9 Å². The molecule has 0 aromatic heterocycles. The van der Waals surface area contributed by atoms with E-state index in [9.17, 15) is 4.79 Å². The zero-order valence-corrected chi connectivity index (χ0v) is 8.23. The number of hydrogen-bond acceptors (Lipinski definition) is 4. The van der Waals surface area contributed by atoms with Crippen molar-refractivity contribution in [2.45, 2.75) is 0 Å². The van der Waals surface area contributed by atoms with E-state index in [1.54, 1.807) is 30.7 Å². The number of nitrogens with one attached hydrogen (secondary N) is 1. The number of methoxy groups -OCH3 is 1. The predicted octanol–water partition coefficient (Wildman–Crippen LogP) is 1.79. The molecule has 1 aromatic carbocycles. The highest BCUT2D eigenvalue weighted by Gasteiger charge is 2.08. The molecule has 1 aliphatic rings. The second kappa shape index (κ2) is 3.96. The van der Waals surface area contributed by atoms with Gasteiger partial charge in [0, 0.05) is 29.9 Å². The van der Waals surface area contributed by atoms with Gasteiger partial charge in [0.2, 0.25) is 0 Å². The number of fused-ring (bicyclic) bond motifs is 1. The van der Waals surface area contributed by atoms with Crippen molar-refractivity contribution in [3.05, 3.63) is 41.7 Å². The van der Waals surface area contributed by atoms with Gasteiger partial charge in [-0.25, -0.2) is 4.79 Å². The Hall–Kier alpha value is -2.10. The van der Waals surface area contributed by atoms with Crippen molar-refractivity contribution >= 4 is 17.9 Å². The van der Waals surface area contributed by atoms with E-state index in [4.69, 9.17) is 0 Å². The molecule has 0 radical (unpaired) electrons. The lowest BCUT2D eigenvalue weighted by atomic mass is 10.1. The van der Waals surface area contributed by atoms with E-state index in [2.05, 4.69) is 15.0 Å². The van der Waals surface area contributed by atoms with E-state index in [-0.39, 0.29) is 5.97 Å². The molecule has 0 saturated heterocycles. The Bertz CT molecular complexity index is 450. The summed E-state index contributed by atoms with van der Waals surface area (Å²) in [4.78, 5) is 15.3. The third-order valence-electron chi connectivity index (χ3n) is 2.09. The van der Waals surface area contributed by atoms with Crippen molar-refractivity contribution < 1.29 is 9.53 Å². The Balaban J connectivity index is 2.42. The van der Waals surface area contributed by atoms with Gasteiger partial charge in [0.1, 0.15) is 0 Å². The van der Waals surface area contributed by atoms with Gasteiger partial charge in [-0.3, -0.25) is 4.99 Å². The van der Waals surface area contributed by atoms with E-state index < -0.39 is 0 Å². The van der Waals surface area contributed by atoms with Gasteiger partial charge in [0.25, 0.3) is 0 Å². The van der Waals surface area contributed by atoms with Crippen molar-refractivity contribution in [3.63, 3.8) is 0 Å². The van der Waals surface area contributed by atoms with E-state index in [1.807, 2.05) is 6.07 Å². The van der Waals surface area contributed by atoms with Gasteiger partial charge < -0.3 is 10.1 Å². The van der Waals surface area contributed by atoms with Crippen LogP contribution >= 0.6 is 0 Å². The number of esters is 1. The van der Waals surface area contributed by atoms with Gasteiger partial charge >= 0.3 is 5.97 Å². The average molecular weight is 202 g/mol. The molecule has 0 saturated carbocycles. The van der Waals surface area contributed by atoms with Gasteiger partial charge in [-0.05, 0) is 12.1 Å². The summed E-state index contributed by atoms with van der Waals surface area (Å²) in [6, 6.07) is 5.28. The third kappa shape index (κ3) is 1.88. The number of hydrogen-bond donors (Lipinski definition) is 1. The molecule has 2 rings (SSSR count). The van der Waals surface area contributed by atoms with Crippen LogP contribution < -0.4 is 5.32 Å². The molecule has 1 aromatic rings. The van der Waals surface area contributed by atoms with Gasteiger partial charge in [0.05, 0.1) is 12.7 Å². The van der Waals surface area contributed by atoms with Crippen molar-refractivity contribution in [1.29, 1.82) is 0 Å². The van der Waals surface area contributed by atoms with Gasteiger partial charge in [-0.15, -0.1) is 0 Å². The smallest absolute Gasteiger partial charge is 0.337 e. The van der Waals surface area contributed by atoms with E-state index >= 15 is 0 Å². The van der Waals surface area contributed by atoms with Crippen LogP contribution in [-0.2, 0) is 4.74 Å². The van der Waals surface area contributed by atoms with E-state index in [0.29, 0.717) is 5.56 Å². The van der Waals surface area contributed by atoms with Crippen LogP contribution in [0.3, 0.4) is 0 Å². The van der Waals surface area contributed by atoms with Crippen LogP contribution in [0.5, 0.6) is 0 Å². The summed E-state index contributed by atoms with van der Waals surface area (Å²) in [6.45, 7) is 0.